The first kappa shape index (κ1) is 8.55. The van der Waals surface area contributed by atoms with Crippen LogP contribution in [0.3, 0.4) is 0 Å². The average molecular weight is 167 g/mol. The van der Waals surface area contributed by atoms with E-state index in [-0.39, 0.29) is 0 Å². The second-order valence-corrected chi connectivity index (χ2v) is 4.49. The van der Waals surface area contributed by atoms with Gasteiger partial charge in [-0.2, -0.15) is 0 Å². The quantitative estimate of drug-likeness (QED) is 0.580. The summed E-state index contributed by atoms with van der Waals surface area (Å²) in [5, 5.41) is 0. The molecule has 0 bridgehead atoms. The number of rotatable bonds is 1. The van der Waals surface area contributed by atoms with Crippen LogP contribution >= 0.6 is 0 Å². The Morgan fingerprint density at radius 3 is 2.58 bits per heavy atom. The van der Waals surface area contributed by atoms with Gasteiger partial charge in [0, 0.05) is 6.54 Å². The van der Waals surface area contributed by atoms with Gasteiger partial charge in [0.1, 0.15) is 0 Å². The van der Waals surface area contributed by atoms with Gasteiger partial charge in [0.25, 0.3) is 0 Å². The van der Waals surface area contributed by atoms with Crippen molar-refractivity contribution in [3.05, 3.63) is 0 Å². The third-order valence-electron chi connectivity index (χ3n) is 3.82. The molecular formula is C11H21N. The SMILES string of the molecule is CCN1CCC2CCCCC2C1. The number of fused-ring (bicyclic) bond motifs is 1. The fraction of sp³-hybridized carbons (Fsp3) is 1.00. The molecule has 12 heavy (non-hydrogen) atoms. The molecule has 2 fully saturated rings. The summed E-state index contributed by atoms with van der Waals surface area (Å²) in [6.07, 6.45) is 7.54. The summed E-state index contributed by atoms with van der Waals surface area (Å²) in [5.41, 5.74) is 0. The predicted octanol–water partition coefficient (Wildman–Crippen LogP) is 2.52. The van der Waals surface area contributed by atoms with Crippen molar-refractivity contribution in [3.8, 4) is 0 Å². The van der Waals surface area contributed by atoms with E-state index in [9.17, 15) is 0 Å². The van der Waals surface area contributed by atoms with Gasteiger partial charge >= 0.3 is 0 Å². The lowest BCUT2D eigenvalue weighted by atomic mass is 9.75. The Bertz CT molecular complexity index is 144. The predicted molar refractivity (Wildman–Crippen MR) is 52.2 cm³/mol. The van der Waals surface area contributed by atoms with Crippen LogP contribution in [0, 0.1) is 11.8 Å². The van der Waals surface area contributed by atoms with Crippen molar-refractivity contribution < 1.29 is 0 Å². The smallest absolute Gasteiger partial charge is 0.00122 e. The van der Waals surface area contributed by atoms with Gasteiger partial charge in [-0.3, -0.25) is 0 Å². The van der Waals surface area contributed by atoms with Crippen LogP contribution in [0.4, 0.5) is 0 Å². The van der Waals surface area contributed by atoms with Gasteiger partial charge < -0.3 is 4.90 Å². The van der Waals surface area contributed by atoms with Gasteiger partial charge in [-0.05, 0) is 37.8 Å². The molecule has 0 aromatic heterocycles. The molecule has 0 N–H and O–H groups in total. The zero-order valence-corrected chi connectivity index (χ0v) is 8.26. The maximum absolute atomic E-state index is 2.63. The van der Waals surface area contributed by atoms with E-state index < -0.39 is 0 Å². The van der Waals surface area contributed by atoms with Gasteiger partial charge in [0.2, 0.25) is 0 Å². The van der Waals surface area contributed by atoms with Crippen molar-refractivity contribution in [1.29, 1.82) is 0 Å². The normalized spacial score (nSPS) is 37.8. The van der Waals surface area contributed by atoms with Crippen LogP contribution in [0.25, 0.3) is 0 Å². The monoisotopic (exact) mass is 167 g/mol. The lowest BCUT2D eigenvalue weighted by Crippen LogP contribution is -2.41. The van der Waals surface area contributed by atoms with Crippen LogP contribution in [0.15, 0.2) is 0 Å². The third-order valence-corrected chi connectivity index (χ3v) is 3.82. The lowest BCUT2D eigenvalue weighted by Gasteiger charge is -2.40. The number of hydrogen-bond donors (Lipinski definition) is 0. The van der Waals surface area contributed by atoms with Crippen molar-refractivity contribution in [2.45, 2.75) is 39.0 Å². The van der Waals surface area contributed by atoms with E-state index in [2.05, 4.69) is 11.8 Å². The van der Waals surface area contributed by atoms with Gasteiger partial charge in [-0.25, -0.2) is 0 Å². The highest BCUT2D eigenvalue weighted by molar-refractivity contribution is 4.82. The van der Waals surface area contributed by atoms with Crippen molar-refractivity contribution in [2.75, 3.05) is 19.6 Å². The van der Waals surface area contributed by atoms with Gasteiger partial charge in [-0.1, -0.05) is 26.2 Å². The zero-order valence-electron chi connectivity index (χ0n) is 8.26. The minimum atomic E-state index is 1.06. The zero-order chi connectivity index (χ0) is 8.39. The van der Waals surface area contributed by atoms with E-state index >= 15 is 0 Å². The summed E-state index contributed by atoms with van der Waals surface area (Å²) in [7, 11) is 0. The highest BCUT2D eigenvalue weighted by Crippen LogP contribution is 2.35. The molecule has 1 heteroatoms. The molecule has 1 saturated heterocycles. The van der Waals surface area contributed by atoms with Crippen molar-refractivity contribution in [2.24, 2.45) is 11.8 Å². The topological polar surface area (TPSA) is 3.24 Å². The maximum atomic E-state index is 2.63. The van der Waals surface area contributed by atoms with Gasteiger partial charge in [0.05, 0.1) is 0 Å². The van der Waals surface area contributed by atoms with Crippen LogP contribution in [0.1, 0.15) is 39.0 Å². The van der Waals surface area contributed by atoms with E-state index in [0.29, 0.717) is 0 Å². The first-order valence-corrected chi connectivity index (χ1v) is 5.62. The second kappa shape index (κ2) is 3.78. The van der Waals surface area contributed by atoms with Crippen LogP contribution in [0.2, 0.25) is 0 Å². The largest absolute Gasteiger partial charge is 0.303 e. The fourth-order valence-electron chi connectivity index (χ4n) is 2.96. The number of piperidine rings is 1. The van der Waals surface area contributed by atoms with E-state index in [1.54, 1.807) is 0 Å². The molecule has 1 nitrogen and oxygen atoms in total. The van der Waals surface area contributed by atoms with Crippen LogP contribution < -0.4 is 0 Å². The molecule has 1 saturated carbocycles. The fourth-order valence-corrected chi connectivity index (χ4v) is 2.96. The Kier molecular flexibility index (Phi) is 2.69. The first-order valence-electron chi connectivity index (χ1n) is 5.62. The molecule has 2 unspecified atom stereocenters. The summed E-state index contributed by atoms with van der Waals surface area (Å²) < 4.78 is 0. The minimum Gasteiger partial charge on any atom is -0.303 e. The van der Waals surface area contributed by atoms with E-state index in [0.717, 1.165) is 11.8 Å². The minimum absolute atomic E-state index is 1.06. The molecule has 2 rings (SSSR count). The lowest BCUT2D eigenvalue weighted by molar-refractivity contribution is 0.0908. The molecule has 0 radical (unpaired) electrons. The molecule has 70 valence electrons. The second-order valence-electron chi connectivity index (χ2n) is 4.49. The van der Waals surface area contributed by atoms with Crippen LogP contribution in [-0.2, 0) is 0 Å². The van der Waals surface area contributed by atoms with Crippen LogP contribution in [-0.4, -0.2) is 24.5 Å². The summed E-state index contributed by atoms with van der Waals surface area (Å²) in [6, 6.07) is 0. The Balaban J connectivity index is 1.90. The summed E-state index contributed by atoms with van der Waals surface area (Å²) >= 11 is 0. The third kappa shape index (κ3) is 1.66. The number of hydrogen-bond acceptors (Lipinski definition) is 1. The maximum Gasteiger partial charge on any atom is 0.00122 e. The summed E-state index contributed by atoms with van der Waals surface area (Å²) in [4.78, 5) is 2.63. The van der Waals surface area contributed by atoms with Crippen molar-refractivity contribution in [1.82, 2.24) is 4.90 Å². The molecule has 2 atom stereocenters. The van der Waals surface area contributed by atoms with Crippen molar-refractivity contribution >= 4 is 0 Å². The average Bonchev–Trinajstić information content (AvgIpc) is 2.17. The number of nitrogens with zero attached hydrogens (tertiary/aromatic N) is 1. The van der Waals surface area contributed by atoms with E-state index in [1.807, 2.05) is 0 Å². The first-order chi connectivity index (χ1) is 5.90. The Morgan fingerprint density at radius 1 is 1.08 bits per heavy atom. The molecule has 0 amide bonds. The Labute approximate surface area is 76.1 Å². The molecule has 1 heterocycles. The number of likely N-dealkylation sites (tertiary alicyclic amines) is 1. The van der Waals surface area contributed by atoms with Gasteiger partial charge in [0.15, 0.2) is 0 Å². The van der Waals surface area contributed by atoms with E-state index in [4.69, 9.17) is 0 Å². The summed E-state index contributed by atoms with van der Waals surface area (Å²) in [6.45, 7) is 6.34. The highest BCUT2D eigenvalue weighted by atomic mass is 15.1. The molecule has 0 aromatic carbocycles. The molecule has 1 aliphatic carbocycles. The summed E-state index contributed by atoms with van der Waals surface area (Å²) in [5.74, 6) is 2.16. The highest BCUT2D eigenvalue weighted by Gasteiger charge is 2.30. The van der Waals surface area contributed by atoms with Crippen LogP contribution in [0.5, 0.6) is 0 Å². The van der Waals surface area contributed by atoms with Crippen molar-refractivity contribution in [3.63, 3.8) is 0 Å². The molecule has 0 aromatic rings. The Morgan fingerprint density at radius 2 is 1.83 bits per heavy atom. The Hall–Kier alpha value is -0.0400. The molecule has 2 aliphatic rings. The molecule has 0 spiro atoms. The van der Waals surface area contributed by atoms with Gasteiger partial charge in [-0.15, -0.1) is 0 Å². The standard InChI is InChI=1S/C11H21N/c1-2-12-8-7-10-5-3-4-6-11(10)9-12/h10-11H,2-9H2,1H3. The molecule has 1 aliphatic heterocycles. The molecular weight excluding hydrogens is 146 g/mol. The van der Waals surface area contributed by atoms with E-state index in [1.165, 1.54) is 51.7 Å².